The summed E-state index contributed by atoms with van der Waals surface area (Å²) in [5, 5.41) is 0. The summed E-state index contributed by atoms with van der Waals surface area (Å²) in [6.07, 6.45) is 10.0. The van der Waals surface area contributed by atoms with Crippen molar-refractivity contribution in [3.05, 3.63) is 71.8 Å². The Morgan fingerprint density at radius 3 is 1.24 bits per heavy atom. The van der Waals surface area contributed by atoms with Crippen LogP contribution in [0.2, 0.25) is 0 Å². The second-order valence-corrected chi connectivity index (χ2v) is 13.0. The number of ether oxygens (including phenoxy) is 2. The van der Waals surface area contributed by atoms with Crippen LogP contribution in [0.15, 0.2) is 60.7 Å². The molecule has 8 rings (SSSR count). The van der Waals surface area contributed by atoms with Crippen molar-refractivity contribution in [3.8, 4) is 11.5 Å². The van der Waals surface area contributed by atoms with Crippen molar-refractivity contribution in [2.75, 3.05) is 9.80 Å². The molecule has 2 saturated carbocycles. The molecule has 4 bridgehead atoms. The normalized spacial score (nSPS) is 31.8. The van der Waals surface area contributed by atoms with Gasteiger partial charge in [0, 0.05) is 13.8 Å². The van der Waals surface area contributed by atoms with Gasteiger partial charge in [-0.05, 0) is 78.3 Å². The Morgan fingerprint density at radius 1 is 0.600 bits per heavy atom. The zero-order valence-electron chi connectivity index (χ0n) is 24.7. The Labute approximate surface area is 258 Å². The largest absolute Gasteiger partial charge is 0.424 e. The fourth-order valence-corrected chi connectivity index (χ4v) is 8.69. The molecule has 2 saturated heterocycles. The van der Waals surface area contributed by atoms with Crippen molar-refractivity contribution < 1.29 is 38.2 Å². The van der Waals surface area contributed by atoms with Crippen LogP contribution >= 0.6 is 0 Å². The van der Waals surface area contributed by atoms with Crippen LogP contribution in [0.3, 0.4) is 0 Å². The van der Waals surface area contributed by atoms with Gasteiger partial charge >= 0.3 is 11.9 Å². The van der Waals surface area contributed by atoms with E-state index in [1.54, 1.807) is 36.4 Å². The van der Waals surface area contributed by atoms with Gasteiger partial charge in [-0.3, -0.25) is 28.8 Å². The first kappa shape index (κ1) is 27.7. The highest BCUT2D eigenvalue weighted by atomic mass is 16.5. The van der Waals surface area contributed by atoms with Crippen molar-refractivity contribution in [2.45, 2.75) is 33.1 Å². The van der Waals surface area contributed by atoms with Gasteiger partial charge in [-0.1, -0.05) is 36.4 Å². The summed E-state index contributed by atoms with van der Waals surface area (Å²) in [4.78, 5) is 80.3. The van der Waals surface area contributed by atoms with Crippen molar-refractivity contribution in [2.24, 2.45) is 47.3 Å². The number of amides is 4. The first-order chi connectivity index (χ1) is 21.6. The summed E-state index contributed by atoms with van der Waals surface area (Å²) in [5.74, 6) is -3.47. The average molecular weight is 607 g/mol. The molecule has 2 aromatic carbocycles. The minimum absolute atomic E-state index is 0.0461. The lowest BCUT2D eigenvalue weighted by atomic mass is 9.85. The Balaban J connectivity index is 1.09. The summed E-state index contributed by atoms with van der Waals surface area (Å²) >= 11 is 0. The quantitative estimate of drug-likeness (QED) is 0.211. The summed E-state index contributed by atoms with van der Waals surface area (Å²) in [7, 11) is 0. The molecule has 2 aromatic rings. The average Bonchev–Trinajstić information content (AvgIpc) is 3.83. The van der Waals surface area contributed by atoms with E-state index in [2.05, 4.69) is 0 Å². The number of carbonyl (C=O) groups is 6. The molecule has 0 radical (unpaired) electrons. The number of benzene rings is 2. The van der Waals surface area contributed by atoms with Crippen LogP contribution in [-0.2, 0) is 35.2 Å². The van der Waals surface area contributed by atoms with Gasteiger partial charge in [0.1, 0.15) is 0 Å². The van der Waals surface area contributed by atoms with Crippen LogP contribution in [0.4, 0.5) is 11.4 Å². The lowest BCUT2D eigenvalue weighted by Crippen LogP contribution is -2.33. The fourth-order valence-electron chi connectivity index (χ4n) is 8.69. The second kappa shape index (κ2) is 9.82. The van der Waals surface area contributed by atoms with E-state index in [4.69, 9.17) is 9.47 Å². The Kier molecular flexibility index (Phi) is 6.04. The number of nitrogens with zero attached hydrogens (tertiary/aromatic N) is 2. The van der Waals surface area contributed by atoms with Gasteiger partial charge in [0.05, 0.1) is 35.0 Å². The molecule has 228 valence electrons. The van der Waals surface area contributed by atoms with Gasteiger partial charge in [-0.25, -0.2) is 9.80 Å². The van der Waals surface area contributed by atoms with E-state index >= 15 is 0 Å². The molecule has 45 heavy (non-hydrogen) atoms. The monoisotopic (exact) mass is 606 g/mol. The van der Waals surface area contributed by atoms with Crippen LogP contribution in [-0.4, -0.2) is 35.6 Å². The fraction of sp³-hybridized carbons (Fsp3) is 0.371. The maximum absolute atomic E-state index is 13.5. The molecule has 4 fully saturated rings. The Hall–Kier alpha value is -4.86. The first-order valence-corrected chi connectivity index (χ1v) is 15.4. The van der Waals surface area contributed by atoms with E-state index in [1.165, 1.54) is 13.8 Å². The highest BCUT2D eigenvalue weighted by Crippen LogP contribution is 2.55. The van der Waals surface area contributed by atoms with E-state index in [1.807, 2.05) is 24.3 Å². The molecule has 4 amide bonds. The zero-order chi connectivity index (χ0) is 31.3. The lowest BCUT2D eigenvalue weighted by Gasteiger charge is -2.21. The molecule has 2 aliphatic heterocycles. The minimum Gasteiger partial charge on any atom is -0.424 e. The van der Waals surface area contributed by atoms with Crippen LogP contribution < -0.4 is 19.3 Å². The van der Waals surface area contributed by atoms with Crippen LogP contribution in [0.25, 0.3) is 0 Å². The van der Waals surface area contributed by atoms with Crippen LogP contribution in [0, 0.1) is 47.3 Å². The summed E-state index contributed by atoms with van der Waals surface area (Å²) in [6.45, 7) is 2.51. The number of imide groups is 2. The third-order valence-corrected chi connectivity index (χ3v) is 10.4. The van der Waals surface area contributed by atoms with E-state index in [-0.39, 0.29) is 70.2 Å². The molecule has 8 atom stereocenters. The summed E-state index contributed by atoms with van der Waals surface area (Å²) in [6, 6.07) is 9.97. The van der Waals surface area contributed by atoms with Crippen LogP contribution in [0.5, 0.6) is 11.5 Å². The van der Waals surface area contributed by atoms with Gasteiger partial charge in [-0.2, -0.15) is 0 Å². The van der Waals surface area contributed by atoms with E-state index in [0.717, 1.165) is 22.6 Å². The van der Waals surface area contributed by atoms with Crippen LogP contribution in [0.1, 0.15) is 37.8 Å². The van der Waals surface area contributed by atoms with Crippen molar-refractivity contribution in [1.29, 1.82) is 0 Å². The minimum atomic E-state index is -0.593. The Bertz CT molecular complexity index is 1620. The standard InChI is InChI=1S/C35H30N2O8/c1-16(38)44-26-12-18(3-9-24(26)36-32(40)28-20-5-6-21(14-20)29(28)33(36)41)11-19-4-10-25(27(13-19)45-17(2)39)37-34(42)30-22-7-8-23(15-22)31(30)35(37)43/h3-10,12-13,20-23,28-31H,11,14-15H2,1-2H3/t20-,21-,22-,23-,28+,29+,30+,31+/m0/s1. The molecule has 0 unspecified atom stereocenters. The van der Waals surface area contributed by atoms with Gasteiger partial charge in [-0.15, -0.1) is 0 Å². The third kappa shape index (κ3) is 4.07. The van der Waals surface area contributed by atoms with E-state index in [0.29, 0.717) is 17.5 Å². The molecule has 2 heterocycles. The highest BCUT2D eigenvalue weighted by molar-refractivity contribution is 6.24. The van der Waals surface area contributed by atoms with E-state index < -0.39 is 35.6 Å². The maximum atomic E-state index is 13.5. The number of hydrogen-bond donors (Lipinski definition) is 0. The molecule has 6 aliphatic rings. The smallest absolute Gasteiger partial charge is 0.308 e. The molecule has 4 aliphatic carbocycles. The molecule has 0 spiro atoms. The number of esters is 2. The van der Waals surface area contributed by atoms with E-state index in [9.17, 15) is 28.8 Å². The van der Waals surface area contributed by atoms with Crippen molar-refractivity contribution >= 4 is 46.9 Å². The maximum Gasteiger partial charge on any atom is 0.308 e. The molecular formula is C35H30N2O8. The molecule has 10 nitrogen and oxygen atoms in total. The second-order valence-electron chi connectivity index (χ2n) is 13.0. The van der Waals surface area contributed by atoms with Crippen molar-refractivity contribution in [3.63, 3.8) is 0 Å². The van der Waals surface area contributed by atoms with Gasteiger partial charge in [0.25, 0.3) is 0 Å². The number of fused-ring (bicyclic) bond motifs is 10. The number of carbonyl (C=O) groups excluding carboxylic acids is 6. The topological polar surface area (TPSA) is 127 Å². The zero-order valence-corrected chi connectivity index (χ0v) is 24.7. The summed E-state index contributed by atoms with van der Waals surface area (Å²) in [5.41, 5.74) is 1.86. The Morgan fingerprint density at radius 2 is 0.933 bits per heavy atom. The molecule has 10 heteroatoms. The SMILES string of the molecule is CC(=O)Oc1cc(Cc2ccc(N3C(=O)[C@H]4[C@H](C3=O)[C@H]3C=C[C@H]4C3)c(OC(C)=O)c2)ccc1N1C(=O)[C@H]2[C@H](C1=O)[C@H]1C=C[C@H]2C1. The van der Waals surface area contributed by atoms with Gasteiger partial charge in [0.15, 0.2) is 11.5 Å². The predicted molar refractivity (Wildman–Crippen MR) is 159 cm³/mol. The molecule has 0 N–H and O–H groups in total. The first-order valence-electron chi connectivity index (χ1n) is 15.4. The number of rotatable bonds is 6. The van der Waals surface area contributed by atoms with Crippen molar-refractivity contribution in [1.82, 2.24) is 0 Å². The van der Waals surface area contributed by atoms with Gasteiger partial charge < -0.3 is 9.47 Å². The highest BCUT2D eigenvalue weighted by Gasteiger charge is 2.61. The number of anilines is 2. The number of hydrogen-bond acceptors (Lipinski definition) is 8. The number of allylic oxidation sites excluding steroid dienone is 4. The third-order valence-electron chi connectivity index (χ3n) is 10.4. The van der Waals surface area contributed by atoms with Gasteiger partial charge in [0.2, 0.25) is 23.6 Å². The molecular weight excluding hydrogens is 576 g/mol. The molecule has 0 aromatic heterocycles. The lowest BCUT2D eigenvalue weighted by molar-refractivity contribution is -0.132. The summed E-state index contributed by atoms with van der Waals surface area (Å²) < 4.78 is 11.0. The predicted octanol–water partition coefficient (Wildman–Crippen LogP) is 3.75.